The zero-order valence-corrected chi connectivity index (χ0v) is 9.54. The average molecular weight is 282 g/mol. The second-order valence-corrected chi connectivity index (χ2v) is 4.18. The fourth-order valence-corrected chi connectivity index (χ4v) is 2.11. The van der Waals surface area contributed by atoms with Gasteiger partial charge < -0.3 is 4.98 Å². The first-order valence-electron chi connectivity index (χ1n) is 4.38. The molecule has 0 unspecified atom stereocenters. The molecule has 0 saturated carbocycles. The van der Waals surface area contributed by atoms with E-state index in [0.717, 1.165) is 6.20 Å². The molecule has 1 heterocycles. The number of aromatic amines is 1. The maximum atomic E-state index is 12.3. The van der Waals surface area contributed by atoms with Gasteiger partial charge >= 0.3 is 6.18 Å². The van der Waals surface area contributed by atoms with Crippen LogP contribution in [0.4, 0.5) is 13.2 Å². The molecule has 0 saturated heterocycles. The van der Waals surface area contributed by atoms with Crippen molar-refractivity contribution in [3.63, 3.8) is 0 Å². The summed E-state index contributed by atoms with van der Waals surface area (Å²) in [5.74, 6) is -1.94. The zero-order valence-electron chi connectivity index (χ0n) is 8.03. The highest BCUT2D eigenvalue weighted by molar-refractivity contribution is 6.39. The van der Waals surface area contributed by atoms with E-state index < -0.39 is 17.5 Å². The van der Waals surface area contributed by atoms with Gasteiger partial charge in [0.15, 0.2) is 0 Å². The summed E-state index contributed by atoms with van der Waals surface area (Å²) in [6.07, 6.45) is -3.96. The molecule has 1 N–H and O–H groups in total. The van der Waals surface area contributed by atoms with Crippen molar-refractivity contribution in [2.75, 3.05) is 0 Å². The van der Waals surface area contributed by atoms with Crippen LogP contribution in [0.15, 0.2) is 18.3 Å². The molecule has 0 amide bonds. The first-order chi connectivity index (χ1) is 7.80. The van der Waals surface area contributed by atoms with E-state index in [1.54, 1.807) is 0 Å². The quantitative estimate of drug-likeness (QED) is 0.780. The van der Waals surface area contributed by atoms with Crippen molar-refractivity contribution in [2.45, 2.75) is 6.18 Å². The van der Waals surface area contributed by atoms with Gasteiger partial charge in [0.05, 0.1) is 10.6 Å². The number of fused-ring (bicyclic) bond motifs is 1. The monoisotopic (exact) mass is 281 g/mol. The molecule has 0 fully saturated rings. The summed E-state index contributed by atoms with van der Waals surface area (Å²) < 4.78 is 37.0. The van der Waals surface area contributed by atoms with E-state index in [-0.39, 0.29) is 20.9 Å². The topological polar surface area (TPSA) is 32.9 Å². The van der Waals surface area contributed by atoms with Crippen LogP contribution >= 0.6 is 23.2 Å². The fraction of sp³-hybridized carbons (Fsp3) is 0.100. The van der Waals surface area contributed by atoms with Crippen LogP contribution in [0.5, 0.6) is 0 Å². The highest BCUT2D eigenvalue weighted by Gasteiger charge is 2.40. The molecule has 0 atom stereocenters. The Bertz CT molecular complexity index is 603. The van der Waals surface area contributed by atoms with Crippen LogP contribution in [0.3, 0.4) is 0 Å². The lowest BCUT2D eigenvalue weighted by atomic mass is 10.1. The van der Waals surface area contributed by atoms with Crippen molar-refractivity contribution in [2.24, 2.45) is 0 Å². The summed E-state index contributed by atoms with van der Waals surface area (Å²) in [7, 11) is 0. The number of ketones is 1. The van der Waals surface area contributed by atoms with E-state index in [4.69, 9.17) is 23.2 Å². The van der Waals surface area contributed by atoms with Crippen molar-refractivity contribution < 1.29 is 18.0 Å². The van der Waals surface area contributed by atoms with Crippen LogP contribution in [0.25, 0.3) is 10.9 Å². The standard InChI is InChI=1S/C10H4Cl2F3NO/c11-4-1-6(12)8-5(3-16-7(8)2-4)9(17)10(13,14)15/h1-3,16H. The molecule has 0 spiro atoms. The zero-order chi connectivity index (χ0) is 12.8. The van der Waals surface area contributed by atoms with E-state index in [1.807, 2.05) is 0 Å². The minimum atomic E-state index is -4.93. The Labute approximate surface area is 103 Å². The number of H-pyrrole nitrogens is 1. The number of hydrogen-bond donors (Lipinski definition) is 1. The number of carbonyl (C=O) groups is 1. The van der Waals surface area contributed by atoms with Crippen LogP contribution in [-0.4, -0.2) is 16.9 Å². The molecule has 7 heteroatoms. The second-order valence-electron chi connectivity index (χ2n) is 3.34. The van der Waals surface area contributed by atoms with Gasteiger partial charge in [-0.3, -0.25) is 4.79 Å². The minimum Gasteiger partial charge on any atom is -0.360 e. The third-order valence-electron chi connectivity index (χ3n) is 2.20. The lowest BCUT2D eigenvalue weighted by Crippen LogP contribution is -2.22. The van der Waals surface area contributed by atoms with Crippen molar-refractivity contribution in [3.05, 3.63) is 33.9 Å². The molecular weight excluding hydrogens is 278 g/mol. The van der Waals surface area contributed by atoms with Crippen molar-refractivity contribution in [1.29, 1.82) is 0 Å². The molecule has 2 aromatic rings. The smallest absolute Gasteiger partial charge is 0.360 e. The van der Waals surface area contributed by atoms with Gasteiger partial charge in [-0.05, 0) is 12.1 Å². The predicted molar refractivity (Wildman–Crippen MR) is 58.7 cm³/mol. The second kappa shape index (κ2) is 3.92. The lowest BCUT2D eigenvalue weighted by Gasteiger charge is -2.04. The average Bonchev–Trinajstić information content (AvgIpc) is 2.58. The Balaban J connectivity index is 2.69. The number of hydrogen-bond acceptors (Lipinski definition) is 1. The number of aromatic nitrogens is 1. The molecule has 1 aromatic carbocycles. The summed E-state index contributed by atoms with van der Waals surface area (Å²) in [6.45, 7) is 0. The first-order valence-corrected chi connectivity index (χ1v) is 5.14. The van der Waals surface area contributed by atoms with Crippen LogP contribution in [0, 0.1) is 0 Å². The van der Waals surface area contributed by atoms with E-state index in [1.165, 1.54) is 12.1 Å². The molecule has 0 bridgehead atoms. The number of benzene rings is 1. The third-order valence-corrected chi connectivity index (χ3v) is 2.71. The number of halogens is 5. The van der Waals surface area contributed by atoms with Crippen molar-refractivity contribution in [3.8, 4) is 0 Å². The highest BCUT2D eigenvalue weighted by Crippen LogP contribution is 2.33. The van der Waals surface area contributed by atoms with E-state index >= 15 is 0 Å². The normalized spacial score (nSPS) is 12.1. The molecular formula is C10H4Cl2F3NO. The molecule has 17 heavy (non-hydrogen) atoms. The minimum absolute atomic E-state index is 0.00125. The Hall–Kier alpha value is -1.20. The van der Waals surface area contributed by atoms with Gasteiger partial charge in [-0.25, -0.2) is 0 Å². The largest absolute Gasteiger partial charge is 0.454 e. The van der Waals surface area contributed by atoms with Crippen LogP contribution in [-0.2, 0) is 0 Å². The number of nitrogens with one attached hydrogen (secondary N) is 1. The molecule has 1 aromatic heterocycles. The summed E-state index contributed by atoms with van der Waals surface area (Å²) >= 11 is 11.5. The third kappa shape index (κ3) is 2.12. The van der Waals surface area contributed by atoms with Gasteiger partial charge in [0, 0.05) is 22.1 Å². The Morgan fingerprint density at radius 2 is 1.88 bits per heavy atom. The predicted octanol–water partition coefficient (Wildman–Crippen LogP) is 4.22. The molecule has 90 valence electrons. The van der Waals surface area contributed by atoms with Gasteiger partial charge in [0.1, 0.15) is 0 Å². The summed E-state index contributed by atoms with van der Waals surface area (Å²) in [4.78, 5) is 13.7. The molecule has 2 rings (SSSR count). The Kier molecular flexibility index (Phi) is 2.83. The van der Waals surface area contributed by atoms with Gasteiger partial charge in [0.2, 0.25) is 0 Å². The van der Waals surface area contributed by atoms with Gasteiger partial charge in [-0.15, -0.1) is 0 Å². The Morgan fingerprint density at radius 3 is 2.47 bits per heavy atom. The summed E-state index contributed by atoms with van der Waals surface area (Å²) in [5.41, 5.74) is -0.218. The fourth-order valence-electron chi connectivity index (χ4n) is 1.52. The maximum Gasteiger partial charge on any atom is 0.454 e. The van der Waals surface area contributed by atoms with Gasteiger partial charge in [0.25, 0.3) is 5.78 Å². The number of rotatable bonds is 1. The number of alkyl halides is 3. The molecule has 0 aliphatic carbocycles. The summed E-state index contributed by atoms with van der Waals surface area (Å²) in [5, 5.41) is 0.301. The Morgan fingerprint density at radius 1 is 1.24 bits per heavy atom. The maximum absolute atomic E-state index is 12.3. The van der Waals surface area contributed by atoms with Crippen molar-refractivity contribution >= 4 is 39.9 Å². The van der Waals surface area contributed by atoms with E-state index in [9.17, 15) is 18.0 Å². The first kappa shape index (κ1) is 12.3. The lowest BCUT2D eigenvalue weighted by molar-refractivity contribution is -0.0884. The SMILES string of the molecule is O=C(c1c[nH]c2cc(Cl)cc(Cl)c12)C(F)(F)F. The van der Waals surface area contributed by atoms with Gasteiger partial charge in [-0.1, -0.05) is 23.2 Å². The van der Waals surface area contributed by atoms with Crippen LogP contribution in [0.1, 0.15) is 10.4 Å². The van der Waals surface area contributed by atoms with Crippen LogP contribution < -0.4 is 0 Å². The van der Waals surface area contributed by atoms with E-state index in [0.29, 0.717) is 0 Å². The molecule has 2 nitrogen and oxygen atoms in total. The van der Waals surface area contributed by atoms with Crippen molar-refractivity contribution in [1.82, 2.24) is 4.98 Å². The van der Waals surface area contributed by atoms with Gasteiger partial charge in [-0.2, -0.15) is 13.2 Å². The summed E-state index contributed by atoms with van der Waals surface area (Å²) in [6, 6.07) is 2.68. The van der Waals surface area contributed by atoms with Crippen LogP contribution in [0.2, 0.25) is 10.0 Å². The van der Waals surface area contributed by atoms with E-state index in [2.05, 4.69) is 4.98 Å². The molecule has 0 aliphatic heterocycles. The highest BCUT2D eigenvalue weighted by atomic mass is 35.5. The number of carbonyl (C=O) groups excluding carboxylic acids is 1. The molecule has 0 aliphatic rings. The number of Topliss-reactive ketones (excluding diaryl/α,β-unsaturated/α-hetero) is 1. The molecule has 0 radical (unpaired) electrons.